The molecule has 2 heterocycles. The van der Waals surface area contributed by atoms with Crippen molar-refractivity contribution in [1.29, 1.82) is 0 Å². The van der Waals surface area contributed by atoms with E-state index in [0.29, 0.717) is 12.6 Å². The largest absolute Gasteiger partial charge is 0.497 e. The molecule has 30 heavy (non-hydrogen) atoms. The molecule has 1 aliphatic rings. The molecule has 2 N–H and O–H groups in total. The van der Waals surface area contributed by atoms with Crippen LogP contribution in [0.4, 0.5) is 14.6 Å². The van der Waals surface area contributed by atoms with Crippen LogP contribution >= 0.6 is 0 Å². The molecule has 1 fully saturated rings. The smallest absolute Gasteiger partial charge is 0.254 e. The van der Waals surface area contributed by atoms with Crippen molar-refractivity contribution in [1.82, 2.24) is 15.5 Å². The standard InChI is InChI=1S/C22H22F2N4O2/c1-30-17-7-4-14(5-8-17)20-12-21(27-26-20)28-10-2-3-16(13-28)25-22(29)18-9-6-15(23)11-19(18)24/h4-9,11-12,16H,2-3,10,13H2,1H3,(H,25,29)(H,26,27)/t16-/m1/s1. The number of aromatic amines is 1. The Hall–Kier alpha value is -3.42. The van der Waals surface area contributed by atoms with Gasteiger partial charge in [-0.15, -0.1) is 0 Å². The first kappa shape index (κ1) is 19.9. The van der Waals surface area contributed by atoms with Crippen LogP contribution in [0.2, 0.25) is 0 Å². The molecule has 1 amide bonds. The number of H-pyrrole nitrogens is 1. The van der Waals surface area contributed by atoms with E-state index in [0.717, 1.165) is 54.3 Å². The predicted molar refractivity (Wildman–Crippen MR) is 110 cm³/mol. The molecule has 1 aromatic heterocycles. The van der Waals surface area contributed by atoms with Gasteiger partial charge in [0.2, 0.25) is 0 Å². The van der Waals surface area contributed by atoms with Crippen LogP contribution in [-0.4, -0.2) is 42.3 Å². The number of hydrogen-bond donors (Lipinski definition) is 2. The lowest BCUT2D eigenvalue weighted by atomic mass is 10.0. The molecule has 8 heteroatoms. The highest BCUT2D eigenvalue weighted by Crippen LogP contribution is 2.26. The Morgan fingerprint density at radius 2 is 2.00 bits per heavy atom. The number of carbonyl (C=O) groups excluding carboxylic acids is 1. The van der Waals surface area contributed by atoms with E-state index in [1.54, 1.807) is 7.11 Å². The van der Waals surface area contributed by atoms with Gasteiger partial charge >= 0.3 is 0 Å². The molecule has 0 saturated carbocycles. The summed E-state index contributed by atoms with van der Waals surface area (Å²) in [6.45, 7) is 1.37. The first-order valence-corrected chi connectivity index (χ1v) is 9.74. The number of benzene rings is 2. The summed E-state index contributed by atoms with van der Waals surface area (Å²) in [7, 11) is 1.62. The van der Waals surface area contributed by atoms with Crippen LogP contribution in [0, 0.1) is 11.6 Å². The summed E-state index contributed by atoms with van der Waals surface area (Å²) < 4.78 is 32.1. The zero-order valence-corrected chi connectivity index (χ0v) is 16.5. The lowest BCUT2D eigenvalue weighted by Crippen LogP contribution is -2.48. The summed E-state index contributed by atoms with van der Waals surface area (Å²) in [6.07, 6.45) is 1.64. The third-order valence-electron chi connectivity index (χ3n) is 5.22. The Labute approximate surface area is 172 Å². The number of halogens is 2. The number of nitrogens with zero attached hydrogens (tertiary/aromatic N) is 2. The number of anilines is 1. The minimum Gasteiger partial charge on any atom is -0.497 e. The van der Waals surface area contributed by atoms with Crippen molar-refractivity contribution in [3.05, 3.63) is 65.7 Å². The Morgan fingerprint density at radius 1 is 1.20 bits per heavy atom. The third-order valence-corrected chi connectivity index (χ3v) is 5.22. The average molecular weight is 412 g/mol. The van der Waals surface area contributed by atoms with Crippen LogP contribution in [0.3, 0.4) is 0 Å². The fourth-order valence-electron chi connectivity index (χ4n) is 3.63. The van der Waals surface area contributed by atoms with Gasteiger partial charge in [0, 0.05) is 31.3 Å². The third kappa shape index (κ3) is 4.27. The van der Waals surface area contributed by atoms with Crippen molar-refractivity contribution in [2.45, 2.75) is 18.9 Å². The van der Waals surface area contributed by atoms with Gasteiger partial charge in [-0.25, -0.2) is 8.78 Å². The lowest BCUT2D eigenvalue weighted by Gasteiger charge is -2.33. The van der Waals surface area contributed by atoms with Crippen LogP contribution in [-0.2, 0) is 0 Å². The maximum Gasteiger partial charge on any atom is 0.254 e. The van der Waals surface area contributed by atoms with Gasteiger partial charge in [0.05, 0.1) is 18.4 Å². The van der Waals surface area contributed by atoms with E-state index < -0.39 is 17.5 Å². The summed E-state index contributed by atoms with van der Waals surface area (Å²) in [5.74, 6) is -0.547. The maximum atomic E-state index is 13.9. The number of rotatable bonds is 5. The summed E-state index contributed by atoms with van der Waals surface area (Å²) >= 11 is 0. The maximum absolute atomic E-state index is 13.9. The number of aromatic nitrogens is 2. The number of ether oxygens (including phenoxy) is 1. The fraction of sp³-hybridized carbons (Fsp3) is 0.273. The average Bonchev–Trinajstić information content (AvgIpc) is 3.24. The molecule has 1 aliphatic heterocycles. The molecule has 0 radical (unpaired) electrons. The number of amides is 1. The van der Waals surface area contributed by atoms with Crippen molar-refractivity contribution < 1.29 is 18.3 Å². The van der Waals surface area contributed by atoms with Crippen molar-refractivity contribution in [2.75, 3.05) is 25.1 Å². The number of carbonyl (C=O) groups is 1. The van der Waals surface area contributed by atoms with Gasteiger partial charge < -0.3 is 15.0 Å². The van der Waals surface area contributed by atoms with E-state index in [-0.39, 0.29) is 11.6 Å². The molecule has 156 valence electrons. The molecular formula is C22H22F2N4O2. The Kier molecular flexibility index (Phi) is 5.65. The summed E-state index contributed by atoms with van der Waals surface area (Å²) in [6, 6.07) is 12.4. The fourth-order valence-corrected chi connectivity index (χ4v) is 3.63. The van der Waals surface area contributed by atoms with Crippen LogP contribution in [0.15, 0.2) is 48.5 Å². The van der Waals surface area contributed by atoms with E-state index in [4.69, 9.17) is 4.74 Å². The lowest BCUT2D eigenvalue weighted by molar-refractivity contribution is 0.0929. The van der Waals surface area contributed by atoms with E-state index in [1.807, 2.05) is 30.3 Å². The second kappa shape index (κ2) is 8.52. The highest BCUT2D eigenvalue weighted by atomic mass is 19.1. The van der Waals surface area contributed by atoms with Crippen LogP contribution in [0.1, 0.15) is 23.2 Å². The summed E-state index contributed by atoms with van der Waals surface area (Å²) in [5.41, 5.74) is 1.71. The summed E-state index contributed by atoms with van der Waals surface area (Å²) in [4.78, 5) is 14.5. The molecule has 0 spiro atoms. The molecule has 6 nitrogen and oxygen atoms in total. The van der Waals surface area contributed by atoms with Gasteiger partial charge in [0.25, 0.3) is 5.91 Å². The predicted octanol–water partition coefficient (Wildman–Crippen LogP) is 3.76. The monoisotopic (exact) mass is 412 g/mol. The van der Waals surface area contributed by atoms with Gasteiger partial charge in [0.15, 0.2) is 5.82 Å². The minimum absolute atomic E-state index is 0.156. The Bertz CT molecular complexity index is 1040. The first-order chi connectivity index (χ1) is 14.5. The van der Waals surface area contributed by atoms with Crippen molar-refractivity contribution >= 4 is 11.7 Å². The first-order valence-electron chi connectivity index (χ1n) is 9.74. The van der Waals surface area contributed by atoms with Gasteiger partial charge in [-0.3, -0.25) is 9.89 Å². The van der Waals surface area contributed by atoms with Crippen LogP contribution < -0.4 is 15.0 Å². The molecule has 0 unspecified atom stereocenters. The molecule has 3 aromatic rings. The number of hydrogen-bond acceptors (Lipinski definition) is 4. The van der Waals surface area contributed by atoms with E-state index in [1.165, 1.54) is 0 Å². The van der Waals surface area contributed by atoms with Gasteiger partial charge in [-0.1, -0.05) is 0 Å². The highest BCUT2D eigenvalue weighted by molar-refractivity contribution is 5.94. The molecule has 2 aromatic carbocycles. The SMILES string of the molecule is COc1ccc(-c2cc(N3CCC[C@@H](NC(=O)c4ccc(F)cc4F)C3)n[nH]2)cc1. The van der Waals surface area contributed by atoms with Crippen molar-refractivity contribution in [2.24, 2.45) is 0 Å². The van der Waals surface area contributed by atoms with E-state index >= 15 is 0 Å². The molecule has 4 rings (SSSR count). The zero-order chi connectivity index (χ0) is 21.1. The topological polar surface area (TPSA) is 70.2 Å². The molecule has 0 bridgehead atoms. The zero-order valence-electron chi connectivity index (χ0n) is 16.5. The molecule has 0 aliphatic carbocycles. The number of piperidine rings is 1. The highest BCUT2D eigenvalue weighted by Gasteiger charge is 2.24. The molecule has 1 saturated heterocycles. The van der Waals surface area contributed by atoms with Gasteiger partial charge in [-0.05, 0) is 54.8 Å². The normalized spacial score (nSPS) is 16.4. The minimum atomic E-state index is -0.864. The molecule has 1 atom stereocenters. The van der Waals surface area contributed by atoms with Gasteiger partial charge in [0.1, 0.15) is 17.4 Å². The van der Waals surface area contributed by atoms with Crippen molar-refractivity contribution in [3.63, 3.8) is 0 Å². The van der Waals surface area contributed by atoms with Crippen LogP contribution in [0.5, 0.6) is 5.75 Å². The Morgan fingerprint density at radius 3 is 2.73 bits per heavy atom. The van der Waals surface area contributed by atoms with E-state index in [9.17, 15) is 13.6 Å². The second-order valence-electron chi connectivity index (χ2n) is 7.25. The van der Waals surface area contributed by atoms with E-state index in [2.05, 4.69) is 20.4 Å². The quantitative estimate of drug-likeness (QED) is 0.670. The van der Waals surface area contributed by atoms with Gasteiger partial charge in [-0.2, -0.15) is 5.10 Å². The number of nitrogens with one attached hydrogen (secondary N) is 2. The molecular weight excluding hydrogens is 390 g/mol. The van der Waals surface area contributed by atoms with Crippen molar-refractivity contribution in [3.8, 4) is 17.0 Å². The Balaban J connectivity index is 1.42. The number of methoxy groups -OCH3 is 1. The van der Waals surface area contributed by atoms with Crippen LogP contribution in [0.25, 0.3) is 11.3 Å². The summed E-state index contributed by atoms with van der Waals surface area (Å²) in [5, 5.41) is 10.3. The second-order valence-corrected chi connectivity index (χ2v) is 7.25.